The van der Waals surface area contributed by atoms with Crippen molar-refractivity contribution in [2.45, 2.75) is 101 Å². The molecule has 1 aromatic heterocycles. The van der Waals surface area contributed by atoms with Gasteiger partial charge >= 0.3 is 0 Å². The molecule has 0 aliphatic heterocycles. The number of rotatable bonds is 5. The van der Waals surface area contributed by atoms with E-state index in [0.29, 0.717) is 18.0 Å². The topological polar surface area (TPSA) is 66.5 Å². The maximum absolute atomic E-state index is 9.44. The second-order valence-electron chi connectivity index (χ2n) is 8.46. The molecule has 4 rings (SSSR count). The molecule has 1 aromatic rings. The molecule has 1 heterocycles. The fraction of sp³-hybridized carbons (Fsp3) is 0.850. The van der Waals surface area contributed by atoms with Gasteiger partial charge in [-0.2, -0.15) is 5.26 Å². The largest absolute Gasteiger partial charge is 0.305 e. The second-order valence-corrected chi connectivity index (χ2v) is 8.46. The molecular weight excluding hydrogens is 310 g/mol. The van der Waals surface area contributed by atoms with Gasteiger partial charge in [0.2, 0.25) is 0 Å². The van der Waals surface area contributed by atoms with E-state index in [1.165, 1.54) is 70.6 Å². The summed E-state index contributed by atoms with van der Waals surface area (Å²) in [6, 6.07) is 3.36. The molecule has 5 heteroatoms. The maximum atomic E-state index is 9.44. The third-order valence-corrected chi connectivity index (χ3v) is 6.59. The first-order valence-electron chi connectivity index (χ1n) is 10.4. The van der Waals surface area contributed by atoms with Gasteiger partial charge in [-0.1, -0.05) is 50.2 Å². The minimum absolute atomic E-state index is 0.312. The Balaban J connectivity index is 1.53. The highest BCUT2D eigenvalue weighted by Gasteiger charge is 2.47. The molecule has 25 heavy (non-hydrogen) atoms. The quantitative estimate of drug-likeness (QED) is 0.814. The van der Waals surface area contributed by atoms with Gasteiger partial charge < -0.3 is 5.32 Å². The van der Waals surface area contributed by atoms with Gasteiger partial charge in [0.15, 0.2) is 5.54 Å². The van der Waals surface area contributed by atoms with Crippen LogP contribution in [0.15, 0.2) is 6.20 Å². The van der Waals surface area contributed by atoms with Gasteiger partial charge in [-0.25, -0.2) is 4.68 Å². The van der Waals surface area contributed by atoms with E-state index < -0.39 is 5.54 Å². The molecule has 0 spiro atoms. The van der Waals surface area contributed by atoms with Crippen molar-refractivity contribution in [1.29, 1.82) is 5.26 Å². The predicted molar refractivity (Wildman–Crippen MR) is 96.8 cm³/mol. The van der Waals surface area contributed by atoms with Crippen LogP contribution >= 0.6 is 0 Å². The van der Waals surface area contributed by atoms with Crippen LogP contribution in [0.3, 0.4) is 0 Å². The molecule has 136 valence electrons. The molecule has 3 saturated carbocycles. The molecule has 3 fully saturated rings. The summed E-state index contributed by atoms with van der Waals surface area (Å²) in [5.74, 6) is 0.666. The number of nitrogens with zero attached hydrogens (tertiary/aromatic N) is 4. The second kappa shape index (κ2) is 7.45. The van der Waals surface area contributed by atoms with Crippen molar-refractivity contribution in [2.75, 3.05) is 0 Å². The van der Waals surface area contributed by atoms with E-state index in [4.69, 9.17) is 0 Å². The van der Waals surface area contributed by atoms with Crippen LogP contribution in [0.2, 0.25) is 0 Å². The fourth-order valence-electron chi connectivity index (χ4n) is 4.77. The Labute approximate surface area is 151 Å². The monoisotopic (exact) mass is 341 g/mol. The number of hydrogen-bond acceptors (Lipinski definition) is 4. The van der Waals surface area contributed by atoms with Crippen LogP contribution in [0.1, 0.15) is 95.2 Å². The van der Waals surface area contributed by atoms with Gasteiger partial charge in [0.05, 0.1) is 24.0 Å². The van der Waals surface area contributed by atoms with Crippen LogP contribution in [-0.4, -0.2) is 21.0 Å². The summed E-state index contributed by atoms with van der Waals surface area (Å²) in [5, 5.41) is 22.3. The van der Waals surface area contributed by atoms with E-state index in [2.05, 4.69) is 27.9 Å². The summed E-state index contributed by atoms with van der Waals surface area (Å²) in [4.78, 5) is 0. The smallest absolute Gasteiger partial charge is 0.150 e. The summed E-state index contributed by atoms with van der Waals surface area (Å²) in [6.45, 7) is 0. The van der Waals surface area contributed by atoms with Crippen molar-refractivity contribution in [3.05, 3.63) is 11.9 Å². The van der Waals surface area contributed by atoms with Crippen LogP contribution in [0.25, 0.3) is 0 Å². The third kappa shape index (κ3) is 3.74. The maximum Gasteiger partial charge on any atom is 0.150 e. The summed E-state index contributed by atoms with van der Waals surface area (Å²) in [6.07, 6.45) is 18.6. The van der Waals surface area contributed by atoms with Gasteiger partial charge in [0.1, 0.15) is 0 Å². The van der Waals surface area contributed by atoms with Crippen molar-refractivity contribution in [3.8, 4) is 6.07 Å². The van der Waals surface area contributed by atoms with E-state index >= 15 is 0 Å². The number of hydrogen-bond donors (Lipinski definition) is 1. The Bertz CT molecular complexity index is 598. The first-order valence-corrected chi connectivity index (χ1v) is 10.4. The van der Waals surface area contributed by atoms with Crippen molar-refractivity contribution >= 4 is 0 Å². The van der Waals surface area contributed by atoms with Crippen molar-refractivity contribution in [1.82, 2.24) is 20.3 Å². The first-order chi connectivity index (χ1) is 12.3. The zero-order chi connectivity index (χ0) is 17.1. The normalized spacial score (nSPS) is 25.9. The van der Waals surface area contributed by atoms with Crippen molar-refractivity contribution in [3.63, 3.8) is 0 Å². The first kappa shape index (κ1) is 17.0. The Morgan fingerprint density at radius 2 is 1.68 bits per heavy atom. The Hall–Kier alpha value is -1.41. The summed E-state index contributed by atoms with van der Waals surface area (Å²) >= 11 is 0. The highest BCUT2D eigenvalue weighted by Crippen LogP contribution is 2.43. The lowest BCUT2D eigenvalue weighted by Crippen LogP contribution is -2.37. The molecule has 0 aromatic carbocycles. The molecule has 0 unspecified atom stereocenters. The standard InChI is InChI=1S/C20H31N5/c21-15-20(12-13-20)25-14-18(23-24-25)19(16-8-4-3-5-9-16)22-17-10-6-1-2-7-11-17/h14,16-17,19,22H,1-13H2/t19-/m0/s1. The Morgan fingerprint density at radius 1 is 1.04 bits per heavy atom. The third-order valence-electron chi connectivity index (χ3n) is 6.59. The molecule has 1 N–H and O–H groups in total. The van der Waals surface area contributed by atoms with E-state index in [1.54, 1.807) is 0 Å². The molecule has 5 nitrogen and oxygen atoms in total. The minimum Gasteiger partial charge on any atom is -0.305 e. The minimum atomic E-state index is -0.398. The Morgan fingerprint density at radius 3 is 2.32 bits per heavy atom. The zero-order valence-corrected chi connectivity index (χ0v) is 15.3. The fourth-order valence-corrected chi connectivity index (χ4v) is 4.77. The lowest BCUT2D eigenvalue weighted by molar-refractivity contribution is 0.242. The zero-order valence-electron chi connectivity index (χ0n) is 15.3. The van der Waals surface area contributed by atoms with Crippen LogP contribution in [0.4, 0.5) is 0 Å². The highest BCUT2D eigenvalue weighted by atomic mass is 15.5. The average molecular weight is 342 g/mol. The summed E-state index contributed by atoms with van der Waals surface area (Å²) in [5.41, 5.74) is 0.669. The molecular formula is C20H31N5. The van der Waals surface area contributed by atoms with E-state index in [0.717, 1.165) is 18.5 Å². The summed E-state index contributed by atoms with van der Waals surface area (Å²) in [7, 11) is 0. The SMILES string of the molecule is N#CC1(n2cc([C@@H](NC3CCCCCC3)C3CCCCC3)nn2)CC1. The predicted octanol–water partition coefficient (Wildman–Crippen LogP) is 4.22. The molecule has 0 saturated heterocycles. The highest BCUT2D eigenvalue weighted by molar-refractivity contribution is 5.17. The van der Waals surface area contributed by atoms with Gasteiger partial charge in [-0.15, -0.1) is 5.10 Å². The average Bonchev–Trinajstić information content (AvgIpc) is 3.38. The molecule has 3 aliphatic rings. The lowest BCUT2D eigenvalue weighted by Gasteiger charge is -2.32. The van der Waals surface area contributed by atoms with Gasteiger partial charge in [-0.3, -0.25) is 0 Å². The van der Waals surface area contributed by atoms with Gasteiger partial charge in [-0.05, 0) is 44.4 Å². The molecule has 3 aliphatic carbocycles. The van der Waals surface area contributed by atoms with E-state index in [-0.39, 0.29) is 0 Å². The summed E-state index contributed by atoms with van der Waals surface area (Å²) < 4.78 is 1.84. The van der Waals surface area contributed by atoms with Crippen LogP contribution in [0, 0.1) is 17.2 Å². The number of nitriles is 1. The van der Waals surface area contributed by atoms with Crippen LogP contribution < -0.4 is 5.32 Å². The van der Waals surface area contributed by atoms with Gasteiger partial charge in [0, 0.05) is 6.04 Å². The molecule has 0 bridgehead atoms. The Kier molecular flexibility index (Phi) is 5.08. The lowest BCUT2D eigenvalue weighted by atomic mass is 9.82. The molecule has 1 atom stereocenters. The van der Waals surface area contributed by atoms with Crippen molar-refractivity contribution in [2.24, 2.45) is 5.92 Å². The van der Waals surface area contributed by atoms with Crippen molar-refractivity contribution < 1.29 is 0 Å². The molecule has 0 amide bonds. The number of nitrogens with one attached hydrogen (secondary N) is 1. The van der Waals surface area contributed by atoms with Crippen LogP contribution in [-0.2, 0) is 5.54 Å². The van der Waals surface area contributed by atoms with E-state index in [9.17, 15) is 5.26 Å². The van der Waals surface area contributed by atoms with Crippen LogP contribution in [0.5, 0.6) is 0 Å². The van der Waals surface area contributed by atoms with E-state index in [1.807, 2.05) is 4.68 Å². The number of aromatic nitrogens is 3. The van der Waals surface area contributed by atoms with Gasteiger partial charge in [0.25, 0.3) is 0 Å². The molecule has 0 radical (unpaired) electrons.